The molecule has 0 bridgehead atoms. The summed E-state index contributed by atoms with van der Waals surface area (Å²) in [7, 11) is -3.08. The SMILES string of the molecule is CCS(=O)(=O)N1CCN(C(=N)N)CC1. The Labute approximate surface area is 84.2 Å². The second-order valence-electron chi connectivity index (χ2n) is 3.17. The maximum absolute atomic E-state index is 11.5. The van der Waals surface area contributed by atoms with Crippen molar-refractivity contribution in [2.75, 3.05) is 31.9 Å². The molecule has 0 unspecified atom stereocenters. The summed E-state index contributed by atoms with van der Waals surface area (Å²) in [6, 6.07) is 0. The number of hydrogen-bond acceptors (Lipinski definition) is 3. The quantitative estimate of drug-likeness (QED) is 0.454. The van der Waals surface area contributed by atoms with E-state index in [1.54, 1.807) is 11.8 Å². The zero-order valence-corrected chi connectivity index (χ0v) is 9.05. The highest BCUT2D eigenvalue weighted by Gasteiger charge is 2.25. The van der Waals surface area contributed by atoms with Crippen LogP contribution < -0.4 is 5.73 Å². The first-order chi connectivity index (χ1) is 6.47. The molecule has 0 spiro atoms. The monoisotopic (exact) mass is 220 g/mol. The lowest BCUT2D eigenvalue weighted by atomic mass is 10.4. The molecular weight excluding hydrogens is 204 g/mol. The number of guanidine groups is 1. The number of nitrogens with one attached hydrogen (secondary N) is 1. The number of rotatable bonds is 2. The van der Waals surface area contributed by atoms with E-state index in [1.807, 2.05) is 0 Å². The van der Waals surface area contributed by atoms with E-state index < -0.39 is 10.0 Å². The smallest absolute Gasteiger partial charge is 0.213 e. The molecule has 7 heteroatoms. The number of piperazine rings is 1. The van der Waals surface area contributed by atoms with Crippen molar-refractivity contribution in [3.05, 3.63) is 0 Å². The summed E-state index contributed by atoms with van der Waals surface area (Å²) in [4.78, 5) is 1.67. The Kier molecular flexibility index (Phi) is 3.33. The largest absolute Gasteiger partial charge is 0.370 e. The van der Waals surface area contributed by atoms with Crippen LogP contribution in [0.4, 0.5) is 0 Å². The van der Waals surface area contributed by atoms with Gasteiger partial charge in [0.2, 0.25) is 10.0 Å². The van der Waals surface area contributed by atoms with Gasteiger partial charge in [0.05, 0.1) is 5.75 Å². The summed E-state index contributed by atoms with van der Waals surface area (Å²) in [5.74, 6) is 0.145. The van der Waals surface area contributed by atoms with Crippen LogP contribution in [0, 0.1) is 5.41 Å². The fourth-order valence-electron chi connectivity index (χ4n) is 1.39. The molecule has 1 rings (SSSR count). The van der Waals surface area contributed by atoms with Gasteiger partial charge < -0.3 is 10.6 Å². The van der Waals surface area contributed by atoms with Gasteiger partial charge in [0, 0.05) is 26.2 Å². The Hall–Kier alpha value is -0.820. The molecule has 1 aliphatic rings. The van der Waals surface area contributed by atoms with E-state index in [-0.39, 0.29) is 11.7 Å². The minimum Gasteiger partial charge on any atom is -0.370 e. The summed E-state index contributed by atoms with van der Waals surface area (Å²) in [6.07, 6.45) is 0. The summed E-state index contributed by atoms with van der Waals surface area (Å²) in [5, 5.41) is 7.19. The average molecular weight is 220 g/mol. The zero-order chi connectivity index (χ0) is 10.8. The van der Waals surface area contributed by atoms with Gasteiger partial charge in [-0.15, -0.1) is 0 Å². The molecule has 1 aliphatic heterocycles. The van der Waals surface area contributed by atoms with Crippen LogP contribution in [0.25, 0.3) is 0 Å². The predicted molar refractivity (Wildman–Crippen MR) is 54.5 cm³/mol. The van der Waals surface area contributed by atoms with Crippen molar-refractivity contribution in [1.82, 2.24) is 9.21 Å². The molecular formula is C7H16N4O2S. The molecule has 3 N–H and O–H groups in total. The maximum atomic E-state index is 11.5. The summed E-state index contributed by atoms with van der Waals surface area (Å²) < 4.78 is 24.4. The normalized spacial score (nSPS) is 19.6. The van der Waals surface area contributed by atoms with Crippen LogP contribution >= 0.6 is 0 Å². The Morgan fingerprint density at radius 1 is 1.36 bits per heavy atom. The van der Waals surface area contributed by atoms with Crippen LogP contribution in [0.3, 0.4) is 0 Å². The third-order valence-electron chi connectivity index (χ3n) is 2.34. The second-order valence-corrected chi connectivity index (χ2v) is 5.43. The predicted octanol–water partition coefficient (Wildman–Crippen LogP) is -1.15. The lowest BCUT2D eigenvalue weighted by Gasteiger charge is -2.33. The van der Waals surface area contributed by atoms with Crippen LogP contribution in [0.15, 0.2) is 0 Å². The minimum atomic E-state index is -3.08. The Morgan fingerprint density at radius 3 is 2.21 bits per heavy atom. The van der Waals surface area contributed by atoms with Crippen molar-refractivity contribution in [3.63, 3.8) is 0 Å². The van der Waals surface area contributed by atoms with Crippen LogP contribution in [0.1, 0.15) is 6.92 Å². The van der Waals surface area contributed by atoms with Gasteiger partial charge >= 0.3 is 0 Å². The average Bonchev–Trinajstić information content (AvgIpc) is 2.18. The highest BCUT2D eigenvalue weighted by atomic mass is 32.2. The molecule has 1 saturated heterocycles. The molecule has 14 heavy (non-hydrogen) atoms. The third-order valence-corrected chi connectivity index (χ3v) is 4.22. The molecule has 6 nitrogen and oxygen atoms in total. The van der Waals surface area contributed by atoms with Crippen LogP contribution in [-0.4, -0.2) is 55.5 Å². The molecule has 1 heterocycles. The molecule has 82 valence electrons. The van der Waals surface area contributed by atoms with E-state index in [4.69, 9.17) is 11.1 Å². The van der Waals surface area contributed by atoms with E-state index >= 15 is 0 Å². The molecule has 0 saturated carbocycles. The topological polar surface area (TPSA) is 90.5 Å². The van der Waals surface area contributed by atoms with Crippen LogP contribution in [0.5, 0.6) is 0 Å². The van der Waals surface area contributed by atoms with Crippen molar-refractivity contribution < 1.29 is 8.42 Å². The Balaban J connectivity index is 2.56. The van der Waals surface area contributed by atoms with E-state index in [9.17, 15) is 8.42 Å². The van der Waals surface area contributed by atoms with Gasteiger partial charge in [0.15, 0.2) is 5.96 Å². The van der Waals surface area contributed by atoms with Crippen molar-refractivity contribution in [3.8, 4) is 0 Å². The van der Waals surface area contributed by atoms with Gasteiger partial charge in [-0.3, -0.25) is 5.41 Å². The van der Waals surface area contributed by atoms with E-state index in [2.05, 4.69) is 0 Å². The van der Waals surface area contributed by atoms with Crippen molar-refractivity contribution >= 4 is 16.0 Å². The number of nitrogens with zero attached hydrogens (tertiary/aromatic N) is 2. The summed E-state index contributed by atoms with van der Waals surface area (Å²) >= 11 is 0. The zero-order valence-electron chi connectivity index (χ0n) is 8.23. The first-order valence-electron chi connectivity index (χ1n) is 4.54. The standard InChI is InChI=1S/C7H16N4O2S/c1-2-14(12,13)11-5-3-10(4-6-11)7(8)9/h2-6H2,1H3,(H3,8,9). The third kappa shape index (κ3) is 2.36. The number of hydrogen-bond donors (Lipinski definition) is 2. The molecule has 0 atom stereocenters. The summed E-state index contributed by atoms with van der Waals surface area (Å²) in [6.45, 7) is 3.50. The van der Waals surface area contributed by atoms with E-state index in [0.29, 0.717) is 26.2 Å². The molecule has 0 aliphatic carbocycles. The van der Waals surface area contributed by atoms with Crippen molar-refractivity contribution in [2.24, 2.45) is 5.73 Å². The number of sulfonamides is 1. The minimum absolute atomic E-state index is 0.0125. The van der Waals surface area contributed by atoms with Crippen LogP contribution in [-0.2, 0) is 10.0 Å². The lowest BCUT2D eigenvalue weighted by Crippen LogP contribution is -2.52. The summed E-state index contributed by atoms with van der Waals surface area (Å²) in [5.41, 5.74) is 5.30. The van der Waals surface area contributed by atoms with Gasteiger partial charge in [-0.2, -0.15) is 4.31 Å². The molecule has 0 aromatic carbocycles. The van der Waals surface area contributed by atoms with Crippen molar-refractivity contribution in [1.29, 1.82) is 5.41 Å². The van der Waals surface area contributed by atoms with Gasteiger partial charge in [-0.1, -0.05) is 0 Å². The Bertz CT molecular complexity index is 306. The molecule has 0 radical (unpaired) electrons. The van der Waals surface area contributed by atoms with Crippen molar-refractivity contribution in [2.45, 2.75) is 6.92 Å². The van der Waals surface area contributed by atoms with Gasteiger partial charge in [0.25, 0.3) is 0 Å². The maximum Gasteiger partial charge on any atom is 0.213 e. The van der Waals surface area contributed by atoms with E-state index in [0.717, 1.165) is 0 Å². The highest BCUT2D eigenvalue weighted by molar-refractivity contribution is 7.89. The Morgan fingerprint density at radius 2 is 1.86 bits per heavy atom. The molecule has 0 aromatic rings. The fraction of sp³-hybridized carbons (Fsp3) is 0.857. The molecule has 0 aromatic heterocycles. The lowest BCUT2D eigenvalue weighted by molar-refractivity contribution is 0.263. The fourth-order valence-corrected chi connectivity index (χ4v) is 2.47. The molecule has 0 amide bonds. The first-order valence-corrected chi connectivity index (χ1v) is 6.15. The van der Waals surface area contributed by atoms with E-state index in [1.165, 1.54) is 4.31 Å². The van der Waals surface area contributed by atoms with Gasteiger partial charge in [-0.05, 0) is 6.92 Å². The van der Waals surface area contributed by atoms with Gasteiger partial charge in [0.1, 0.15) is 0 Å². The number of nitrogens with two attached hydrogens (primary N) is 1. The first kappa shape index (κ1) is 11.3. The van der Waals surface area contributed by atoms with Crippen LogP contribution in [0.2, 0.25) is 0 Å². The highest BCUT2D eigenvalue weighted by Crippen LogP contribution is 2.06. The molecule has 1 fully saturated rings. The van der Waals surface area contributed by atoms with Gasteiger partial charge in [-0.25, -0.2) is 8.42 Å². The second kappa shape index (κ2) is 4.14.